The molecular weight excluding hydrogens is 300 g/mol. The van der Waals surface area contributed by atoms with Gasteiger partial charge in [0.2, 0.25) is 5.91 Å². The zero-order chi connectivity index (χ0) is 16.9. The molecule has 0 atom stereocenters. The molecule has 24 heavy (non-hydrogen) atoms. The molecule has 0 aliphatic carbocycles. The molecule has 1 amide bonds. The largest absolute Gasteiger partial charge is 0.352 e. The molecule has 0 saturated heterocycles. The second kappa shape index (κ2) is 7.08. The van der Waals surface area contributed by atoms with Crippen molar-refractivity contribution < 1.29 is 4.79 Å². The van der Waals surface area contributed by atoms with E-state index in [4.69, 9.17) is 5.10 Å². The summed E-state index contributed by atoms with van der Waals surface area (Å²) < 4.78 is 1.84. The summed E-state index contributed by atoms with van der Waals surface area (Å²) in [7, 11) is 0. The van der Waals surface area contributed by atoms with E-state index in [1.807, 2.05) is 67.2 Å². The highest BCUT2D eigenvalue weighted by molar-refractivity contribution is 5.78. The summed E-state index contributed by atoms with van der Waals surface area (Å²) in [4.78, 5) is 16.0. The third-order valence-corrected chi connectivity index (χ3v) is 3.74. The van der Waals surface area contributed by atoms with Crippen LogP contribution in [-0.4, -0.2) is 20.7 Å². The van der Waals surface area contributed by atoms with Crippen molar-refractivity contribution in [3.8, 4) is 16.9 Å². The zero-order valence-corrected chi connectivity index (χ0v) is 13.8. The second-order valence-corrected chi connectivity index (χ2v) is 5.89. The Bertz CT molecular complexity index is 810. The molecule has 0 spiro atoms. The number of carbonyl (C=O) groups is 1. The third kappa shape index (κ3) is 3.51. The first kappa shape index (κ1) is 15.9. The number of pyridine rings is 1. The van der Waals surface area contributed by atoms with Gasteiger partial charge in [0.1, 0.15) is 0 Å². The molecule has 0 radical (unpaired) electrons. The van der Waals surface area contributed by atoms with E-state index in [0.717, 1.165) is 22.5 Å². The fourth-order valence-electron chi connectivity index (χ4n) is 2.39. The van der Waals surface area contributed by atoms with Gasteiger partial charge in [-0.15, -0.1) is 0 Å². The van der Waals surface area contributed by atoms with Gasteiger partial charge in [0.15, 0.2) is 0 Å². The molecule has 1 aromatic carbocycles. The molecular formula is C19H20N4O. The lowest BCUT2D eigenvalue weighted by molar-refractivity contribution is -0.124. The smallest absolute Gasteiger partial charge is 0.222 e. The number of carbonyl (C=O) groups excluding carboxylic acids is 1. The van der Waals surface area contributed by atoms with E-state index in [1.54, 1.807) is 12.4 Å². The van der Waals surface area contributed by atoms with Gasteiger partial charge in [-0.05, 0) is 24.3 Å². The number of hydrogen-bond acceptors (Lipinski definition) is 3. The molecule has 2 heterocycles. The lowest BCUT2D eigenvalue weighted by Crippen LogP contribution is -2.27. The van der Waals surface area contributed by atoms with Crippen LogP contribution in [0.1, 0.15) is 19.4 Å². The van der Waals surface area contributed by atoms with Gasteiger partial charge in [-0.25, -0.2) is 4.68 Å². The molecule has 0 aliphatic rings. The highest BCUT2D eigenvalue weighted by Crippen LogP contribution is 2.23. The van der Waals surface area contributed by atoms with E-state index >= 15 is 0 Å². The van der Waals surface area contributed by atoms with Crippen molar-refractivity contribution in [2.24, 2.45) is 5.92 Å². The van der Waals surface area contributed by atoms with Gasteiger partial charge < -0.3 is 5.32 Å². The van der Waals surface area contributed by atoms with Crippen molar-refractivity contribution >= 4 is 5.91 Å². The number of rotatable bonds is 5. The Morgan fingerprint density at radius 1 is 1.12 bits per heavy atom. The van der Waals surface area contributed by atoms with Gasteiger partial charge in [-0.3, -0.25) is 9.78 Å². The summed E-state index contributed by atoms with van der Waals surface area (Å²) in [5.41, 5.74) is 3.78. The van der Waals surface area contributed by atoms with Gasteiger partial charge in [-0.1, -0.05) is 32.0 Å². The van der Waals surface area contributed by atoms with Crippen LogP contribution >= 0.6 is 0 Å². The maximum atomic E-state index is 11.9. The summed E-state index contributed by atoms with van der Waals surface area (Å²) in [6.07, 6.45) is 5.45. The first-order valence-corrected chi connectivity index (χ1v) is 7.97. The number of nitrogens with zero attached hydrogens (tertiary/aromatic N) is 3. The number of aromatic nitrogens is 3. The SMILES string of the molecule is CC(C)C(=O)NCc1cn(-c2ccccc2)nc1-c1ccncc1. The quantitative estimate of drug-likeness (QED) is 0.785. The van der Waals surface area contributed by atoms with Crippen LogP contribution in [0.25, 0.3) is 16.9 Å². The van der Waals surface area contributed by atoms with Crippen LogP contribution in [-0.2, 0) is 11.3 Å². The molecule has 5 nitrogen and oxygen atoms in total. The van der Waals surface area contributed by atoms with Crippen LogP contribution in [0.2, 0.25) is 0 Å². The summed E-state index contributed by atoms with van der Waals surface area (Å²) in [6, 6.07) is 13.8. The molecule has 0 aliphatic heterocycles. The Hall–Kier alpha value is -2.95. The monoisotopic (exact) mass is 320 g/mol. The van der Waals surface area contributed by atoms with E-state index in [0.29, 0.717) is 6.54 Å². The zero-order valence-electron chi connectivity index (χ0n) is 13.8. The van der Waals surface area contributed by atoms with Gasteiger partial charge in [0.05, 0.1) is 11.4 Å². The van der Waals surface area contributed by atoms with Crippen molar-refractivity contribution in [2.75, 3.05) is 0 Å². The second-order valence-electron chi connectivity index (χ2n) is 5.89. The van der Waals surface area contributed by atoms with Crippen LogP contribution < -0.4 is 5.32 Å². The minimum absolute atomic E-state index is 0.0307. The van der Waals surface area contributed by atoms with Gasteiger partial charge in [0, 0.05) is 42.2 Å². The van der Waals surface area contributed by atoms with Crippen LogP contribution in [0.15, 0.2) is 61.1 Å². The van der Waals surface area contributed by atoms with Crippen molar-refractivity contribution in [3.05, 3.63) is 66.6 Å². The highest BCUT2D eigenvalue weighted by atomic mass is 16.1. The normalized spacial score (nSPS) is 10.8. The van der Waals surface area contributed by atoms with Crippen LogP contribution in [0.3, 0.4) is 0 Å². The van der Waals surface area contributed by atoms with Crippen molar-refractivity contribution in [1.82, 2.24) is 20.1 Å². The molecule has 0 fully saturated rings. The lowest BCUT2D eigenvalue weighted by Gasteiger charge is -2.07. The minimum Gasteiger partial charge on any atom is -0.352 e. The summed E-state index contributed by atoms with van der Waals surface area (Å²) in [5.74, 6) is -0.0123. The average Bonchev–Trinajstić information content (AvgIpc) is 3.05. The van der Waals surface area contributed by atoms with E-state index in [-0.39, 0.29) is 11.8 Å². The molecule has 0 bridgehead atoms. The standard InChI is InChI=1S/C19H20N4O/c1-14(2)19(24)21-12-16-13-23(17-6-4-3-5-7-17)22-18(16)15-8-10-20-11-9-15/h3-11,13-14H,12H2,1-2H3,(H,21,24). The molecule has 2 aromatic heterocycles. The maximum Gasteiger partial charge on any atom is 0.222 e. The molecule has 0 unspecified atom stereocenters. The predicted molar refractivity (Wildman–Crippen MR) is 93.5 cm³/mol. The van der Waals surface area contributed by atoms with E-state index in [2.05, 4.69) is 10.3 Å². The molecule has 5 heteroatoms. The first-order chi connectivity index (χ1) is 11.6. The summed E-state index contributed by atoms with van der Waals surface area (Å²) in [5, 5.41) is 7.68. The predicted octanol–water partition coefficient (Wildman–Crippen LogP) is 3.21. The first-order valence-electron chi connectivity index (χ1n) is 7.97. The molecule has 0 saturated carbocycles. The number of nitrogens with one attached hydrogen (secondary N) is 1. The Morgan fingerprint density at radius 3 is 2.50 bits per heavy atom. The maximum absolute atomic E-state index is 11.9. The van der Waals surface area contributed by atoms with Crippen LogP contribution in [0.5, 0.6) is 0 Å². The summed E-state index contributed by atoms with van der Waals surface area (Å²) >= 11 is 0. The third-order valence-electron chi connectivity index (χ3n) is 3.74. The fraction of sp³-hybridized carbons (Fsp3) is 0.211. The highest BCUT2D eigenvalue weighted by Gasteiger charge is 2.14. The van der Waals surface area contributed by atoms with Gasteiger partial charge >= 0.3 is 0 Å². The Balaban J connectivity index is 1.96. The fourth-order valence-corrected chi connectivity index (χ4v) is 2.39. The van der Waals surface area contributed by atoms with Crippen molar-refractivity contribution in [3.63, 3.8) is 0 Å². The molecule has 3 aromatic rings. The Labute approximate surface area is 141 Å². The minimum atomic E-state index is -0.0430. The molecule has 122 valence electrons. The van der Waals surface area contributed by atoms with E-state index in [9.17, 15) is 4.79 Å². The molecule has 3 rings (SSSR count). The van der Waals surface area contributed by atoms with E-state index in [1.165, 1.54) is 0 Å². The molecule has 1 N–H and O–H groups in total. The number of amides is 1. The topological polar surface area (TPSA) is 59.8 Å². The van der Waals surface area contributed by atoms with Crippen LogP contribution in [0, 0.1) is 5.92 Å². The lowest BCUT2D eigenvalue weighted by atomic mass is 10.1. The van der Waals surface area contributed by atoms with Crippen LogP contribution in [0.4, 0.5) is 0 Å². The van der Waals surface area contributed by atoms with Gasteiger partial charge in [0.25, 0.3) is 0 Å². The Morgan fingerprint density at radius 2 is 1.83 bits per heavy atom. The number of para-hydroxylation sites is 1. The number of hydrogen-bond donors (Lipinski definition) is 1. The van der Waals surface area contributed by atoms with Crippen molar-refractivity contribution in [1.29, 1.82) is 0 Å². The number of benzene rings is 1. The average molecular weight is 320 g/mol. The van der Waals surface area contributed by atoms with Gasteiger partial charge in [-0.2, -0.15) is 5.10 Å². The Kier molecular flexibility index (Phi) is 4.70. The van der Waals surface area contributed by atoms with E-state index < -0.39 is 0 Å². The van der Waals surface area contributed by atoms with Crippen molar-refractivity contribution in [2.45, 2.75) is 20.4 Å². The summed E-state index contributed by atoms with van der Waals surface area (Å²) in [6.45, 7) is 4.21.